The first-order valence-electron chi connectivity index (χ1n) is 6.60. The summed E-state index contributed by atoms with van der Waals surface area (Å²) in [6.45, 7) is 3.01. The monoisotopic (exact) mass is 306 g/mol. The lowest BCUT2D eigenvalue weighted by molar-refractivity contribution is 0.0689. The van der Waals surface area contributed by atoms with Crippen LogP contribution in [0.15, 0.2) is 24.3 Å². The molecule has 5 nitrogen and oxygen atoms in total. The largest absolute Gasteiger partial charge is 0.476 e. The van der Waals surface area contributed by atoms with Crippen LogP contribution in [0.1, 0.15) is 20.9 Å². The van der Waals surface area contributed by atoms with E-state index < -0.39 is 5.97 Å². The molecular formula is C15H18N2O3S. The number of rotatable bonds is 6. The summed E-state index contributed by atoms with van der Waals surface area (Å²) >= 11 is 1.39. The van der Waals surface area contributed by atoms with Crippen LogP contribution < -0.4 is 0 Å². The Morgan fingerprint density at radius 2 is 2.00 bits per heavy atom. The van der Waals surface area contributed by atoms with Crippen molar-refractivity contribution >= 4 is 17.3 Å². The van der Waals surface area contributed by atoms with E-state index in [-0.39, 0.29) is 12.3 Å². The maximum Gasteiger partial charge on any atom is 0.355 e. The number of carboxylic acids is 1. The van der Waals surface area contributed by atoms with Gasteiger partial charge in [0.15, 0.2) is 5.69 Å². The molecule has 1 heterocycles. The zero-order valence-electron chi connectivity index (χ0n) is 12.0. The van der Waals surface area contributed by atoms with Gasteiger partial charge in [0.1, 0.15) is 5.01 Å². The summed E-state index contributed by atoms with van der Waals surface area (Å²) in [4.78, 5) is 18.2. The van der Waals surface area contributed by atoms with Crippen LogP contribution in [0.5, 0.6) is 0 Å². The van der Waals surface area contributed by atoms with Gasteiger partial charge in [0, 0.05) is 18.7 Å². The van der Waals surface area contributed by atoms with Gasteiger partial charge in [-0.05, 0) is 14.0 Å². The maximum atomic E-state index is 11.3. The number of likely N-dealkylation sites (N-methyl/N-ethyl adjacent to an activating group) is 1. The van der Waals surface area contributed by atoms with Gasteiger partial charge in [-0.25, -0.2) is 9.78 Å². The van der Waals surface area contributed by atoms with Crippen molar-refractivity contribution in [2.45, 2.75) is 13.5 Å². The van der Waals surface area contributed by atoms with E-state index in [1.807, 2.05) is 43.1 Å². The Kier molecular flexibility index (Phi) is 5.06. The molecule has 0 fully saturated rings. The molecule has 0 spiro atoms. The molecule has 0 bridgehead atoms. The number of nitrogens with zero attached hydrogens (tertiary/aromatic N) is 2. The van der Waals surface area contributed by atoms with Crippen LogP contribution in [0.3, 0.4) is 0 Å². The van der Waals surface area contributed by atoms with Crippen LogP contribution in [0.25, 0.3) is 10.6 Å². The maximum absolute atomic E-state index is 11.3. The predicted octanol–water partition coefficient (Wildman–Crippen LogP) is 2.24. The SMILES string of the molecule is Cc1ccc(-c2nc(C(=O)O)c(CN(C)CCO)s2)cc1. The summed E-state index contributed by atoms with van der Waals surface area (Å²) < 4.78 is 0. The third-order valence-electron chi connectivity index (χ3n) is 3.09. The van der Waals surface area contributed by atoms with E-state index in [2.05, 4.69) is 4.98 Å². The van der Waals surface area contributed by atoms with Crippen LogP contribution >= 0.6 is 11.3 Å². The fourth-order valence-electron chi connectivity index (χ4n) is 1.94. The van der Waals surface area contributed by atoms with Crippen molar-refractivity contribution in [2.24, 2.45) is 0 Å². The number of hydrogen-bond donors (Lipinski definition) is 2. The highest BCUT2D eigenvalue weighted by atomic mass is 32.1. The molecule has 0 aliphatic heterocycles. The number of aliphatic hydroxyl groups is 1. The van der Waals surface area contributed by atoms with E-state index in [9.17, 15) is 9.90 Å². The highest BCUT2D eigenvalue weighted by molar-refractivity contribution is 7.15. The van der Waals surface area contributed by atoms with Gasteiger partial charge in [-0.15, -0.1) is 11.3 Å². The van der Waals surface area contributed by atoms with E-state index in [1.165, 1.54) is 11.3 Å². The predicted molar refractivity (Wildman–Crippen MR) is 82.7 cm³/mol. The molecule has 0 amide bonds. The van der Waals surface area contributed by atoms with Crippen molar-refractivity contribution in [1.29, 1.82) is 0 Å². The third-order valence-corrected chi connectivity index (χ3v) is 4.18. The first-order valence-corrected chi connectivity index (χ1v) is 7.42. The van der Waals surface area contributed by atoms with Crippen LogP contribution in [0, 0.1) is 6.92 Å². The minimum absolute atomic E-state index is 0.0442. The molecule has 21 heavy (non-hydrogen) atoms. The molecular weight excluding hydrogens is 288 g/mol. The van der Waals surface area contributed by atoms with E-state index >= 15 is 0 Å². The van der Waals surface area contributed by atoms with Crippen molar-refractivity contribution in [3.63, 3.8) is 0 Å². The lowest BCUT2D eigenvalue weighted by Crippen LogP contribution is -2.22. The summed E-state index contributed by atoms with van der Waals surface area (Å²) in [6.07, 6.45) is 0. The highest BCUT2D eigenvalue weighted by Gasteiger charge is 2.19. The number of benzene rings is 1. The average molecular weight is 306 g/mol. The number of aliphatic hydroxyl groups excluding tert-OH is 1. The van der Waals surface area contributed by atoms with Crippen molar-refractivity contribution in [3.8, 4) is 10.6 Å². The summed E-state index contributed by atoms with van der Waals surface area (Å²) in [5.41, 5.74) is 2.17. The minimum Gasteiger partial charge on any atom is -0.476 e. The molecule has 0 atom stereocenters. The zero-order chi connectivity index (χ0) is 15.4. The van der Waals surface area contributed by atoms with E-state index in [1.54, 1.807) is 0 Å². The Bertz CT molecular complexity index is 622. The van der Waals surface area contributed by atoms with Crippen LogP contribution in [-0.2, 0) is 6.54 Å². The standard InChI is InChI=1S/C15H18N2O3S/c1-10-3-5-11(6-4-10)14-16-13(15(19)20)12(21-14)9-17(2)7-8-18/h3-6,18H,7-9H2,1-2H3,(H,19,20). The second kappa shape index (κ2) is 6.80. The molecule has 1 aromatic carbocycles. The normalized spacial score (nSPS) is 11.0. The molecule has 6 heteroatoms. The van der Waals surface area contributed by atoms with Crippen molar-refractivity contribution < 1.29 is 15.0 Å². The van der Waals surface area contributed by atoms with Crippen LogP contribution in [-0.4, -0.2) is 46.3 Å². The number of aryl methyl sites for hydroxylation is 1. The van der Waals surface area contributed by atoms with Crippen molar-refractivity contribution in [1.82, 2.24) is 9.88 Å². The second-order valence-electron chi connectivity index (χ2n) is 4.92. The third kappa shape index (κ3) is 3.87. The van der Waals surface area contributed by atoms with Gasteiger partial charge < -0.3 is 10.2 Å². The molecule has 0 aliphatic carbocycles. The molecule has 0 radical (unpaired) electrons. The van der Waals surface area contributed by atoms with Gasteiger partial charge in [0.05, 0.1) is 11.5 Å². The Morgan fingerprint density at radius 3 is 2.57 bits per heavy atom. The van der Waals surface area contributed by atoms with Gasteiger partial charge in [0.25, 0.3) is 0 Å². The Labute approximate surface area is 127 Å². The minimum atomic E-state index is -1.02. The van der Waals surface area contributed by atoms with Crippen LogP contribution in [0.2, 0.25) is 0 Å². The number of aromatic nitrogens is 1. The molecule has 0 saturated heterocycles. The lowest BCUT2D eigenvalue weighted by atomic mass is 10.2. The molecule has 0 unspecified atom stereocenters. The Hall–Kier alpha value is -1.76. The summed E-state index contributed by atoms with van der Waals surface area (Å²) in [5, 5.41) is 18.9. The number of carboxylic acid groups (broad SMARTS) is 1. The van der Waals surface area contributed by atoms with E-state index in [4.69, 9.17) is 5.11 Å². The summed E-state index contributed by atoms with van der Waals surface area (Å²) in [6, 6.07) is 7.85. The Balaban J connectivity index is 2.32. The summed E-state index contributed by atoms with van der Waals surface area (Å²) in [7, 11) is 1.84. The molecule has 2 N–H and O–H groups in total. The smallest absolute Gasteiger partial charge is 0.355 e. The lowest BCUT2D eigenvalue weighted by Gasteiger charge is -2.13. The van der Waals surface area contributed by atoms with Gasteiger partial charge >= 0.3 is 5.97 Å². The fraction of sp³-hybridized carbons (Fsp3) is 0.333. The number of carbonyl (C=O) groups is 1. The number of hydrogen-bond acceptors (Lipinski definition) is 5. The molecule has 2 aromatic rings. The van der Waals surface area contributed by atoms with E-state index in [0.717, 1.165) is 11.1 Å². The first kappa shape index (κ1) is 15.6. The molecule has 112 valence electrons. The fourth-order valence-corrected chi connectivity index (χ4v) is 3.08. The van der Waals surface area contributed by atoms with Crippen molar-refractivity contribution in [3.05, 3.63) is 40.4 Å². The Morgan fingerprint density at radius 1 is 1.33 bits per heavy atom. The topological polar surface area (TPSA) is 73.7 Å². The van der Waals surface area contributed by atoms with Crippen molar-refractivity contribution in [2.75, 3.05) is 20.2 Å². The summed E-state index contributed by atoms with van der Waals surface area (Å²) in [5.74, 6) is -1.02. The highest BCUT2D eigenvalue weighted by Crippen LogP contribution is 2.29. The zero-order valence-corrected chi connectivity index (χ0v) is 12.9. The first-order chi connectivity index (χ1) is 10.0. The van der Waals surface area contributed by atoms with Crippen LogP contribution in [0.4, 0.5) is 0 Å². The quantitative estimate of drug-likeness (QED) is 0.856. The van der Waals surface area contributed by atoms with Gasteiger partial charge in [-0.2, -0.15) is 0 Å². The molecule has 1 aromatic heterocycles. The molecule has 2 rings (SSSR count). The van der Waals surface area contributed by atoms with Gasteiger partial charge in [0.2, 0.25) is 0 Å². The van der Waals surface area contributed by atoms with E-state index in [0.29, 0.717) is 23.0 Å². The molecule has 0 saturated carbocycles. The molecule has 0 aliphatic rings. The second-order valence-corrected chi connectivity index (χ2v) is 6.01. The average Bonchev–Trinajstić information content (AvgIpc) is 2.83. The number of aromatic carboxylic acids is 1. The van der Waals surface area contributed by atoms with Gasteiger partial charge in [-0.3, -0.25) is 4.90 Å². The van der Waals surface area contributed by atoms with Gasteiger partial charge in [-0.1, -0.05) is 29.8 Å². The number of thiazole rings is 1.